The van der Waals surface area contributed by atoms with Gasteiger partial charge in [0.1, 0.15) is 5.75 Å². The molecule has 0 radical (unpaired) electrons. The van der Waals surface area contributed by atoms with Gasteiger partial charge in [-0.3, -0.25) is 4.79 Å². The second-order valence-electron chi connectivity index (χ2n) is 5.78. The van der Waals surface area contributed by atoms with Crippen LogP contribution in [-0.4, -0.2) is 44.6 Å². The molecular weight excluding hydrogens is 422 g/mol. The van der Waals surface area contributed by atoms with Crippen LogP contribution < -0.4 is 10.1 Å². The fourth-order valence-corrected chi connectivity index (χ4v) is 3.96. The lowest BCUT2D eigenvalue weighted by atomic mass is 9.97. The lowest BCUT2D eigenvalue weighted by Crippen LogP contribution is -2.42. The van der Waals surface area contributed by atoms with Crippen LogP contribution in [0.2, 0.25) is 0 Å². The van der Waals surface area contributed by atoms with Crippen LogP contribution in [0, 0.1) is 5.92 Å². The number of halogens is 3. The minimum atomic E-state index is -3.24. The Kier molecular flexibility index (Phi) is 6.75. The maximum absolute atomic E-state index is 12.4. The molecule has 0 unspecified atom stereocenters. The van der Waals surface area contributed by atoms with E-state index in [1.807, 2.05) is 0 Å². The Morgan fingerprint density at radius 2 is 2.04 bits per heavy atom. The largest absolute Gasteiger partial charge is 0.434 e. The van der Waals surface area contributed by atoms with E-state index in [-0.39, 0.29) is 24.1 Å². The Morgan fingerprint density at radius 3 is 2.60 bits per heavy atom. The van der Waals surface area contributed by atoms with E-state index in [1.165, 1.54) is 10.4 Å². The van der Waals surface area contributed by atoms with Gasteiger partial charge in [-0.1, -0.05) is 15.9 Å². The number of nitrogens with one attached hydrogen (secondary N) is 1. The van der Waals surface area contributed by atoms with Gasteiger partial charge in [0.25, 0.3) is 0 Å². The number of carbonyl (C=O) groups is 1. The quantitative estimate of drug-likeness (QED) is 0.736. The summed E-state index contributed by atoms with van der Waals surface area (Å²) < 4.78 is 54.3. The molecule has 1 aliphatic heterocycles. The van der Waals surface area contributed by atoms with Gasteiger partial charge in [0, 0.05) is 35.6 Å². The number of carbonyl (C=O) groups excluding carboxylic acids is 1. The molecule has 1 aromatic rings. The summed E-state index contributed by atoms with van der Waals surface area (Å²) >= 11 is 3.25. The summed E-state index contributed by atoms with van der Waals surface area (Å²) in [6.45, 7) is -2.30. The summed E-state index contributed by atoms with van der Waals surface area (Å²) in [6, 6.07) is 4.58. The zero-order valence-electron chi connectivity index (χ0n) is 13.5. The monoisotopic (exact) mass is 440 g/mol. The summed E-state index contributed by atoms with van der Waals surface area (Å²) in [6.07, 6.45) is 2.00. The van der Waals surface area contributed by atoms with Crippen molar-refractivity contribution in [2.24, 2.45) is 5.92 Å². The number of hydrogen-bond donors (Lipinski definition) is 1. The number of hydrogen-bond acceptors (Lipinski definition) is 4. The predicted molar refractivity (Wildman–Crippen MR) is 91.8 cm³/mol. The van der Waals surface area contributed by atoms with Crippen molar-refractivity contribution in [1.29, 1.82) is 0 Å². The predicted octanol–water partition coefficient (Wildman–Crippen LogP) is 2.34. The minimum absolute atomic E-state index is 0.00500. The third kappa shape index (κ3) is 5.89. The van der Waals surface area contributed by atoms with Crippen LogP contribution in [0.15, 0.2) is 22.7 Å². The van der Waals surface area contributed by atoms with Crippen molar-refractivity contribution in [1.82, 2.24) is 9.62 Å². The molecular formula is C15H19BrF2N2O4S. The molecule has 10 heteroatoms. The molecule has 140 valence electrons. The van der Waals surface area contributed by atoms with Gasteiger partial charge in [0.2, 0.25) is 15.9 Å². The van der Waals surface area contributed by atoms with Gasteiger partial charge in [-0.2, -0.15) is 8.78 Å². The van der Waals surface area contributed by atoms with E-state index < -0.39 is 16.6 Å². The van der Waals surface area contributed by atoms with Gasteiger partial charge in [0.15, 0.2) is 0 Å². The van der Waals surface area contributed by atoms with E-state index in [0.29, 0.717) is 36.0 Å². The third-order valence-corrected chi connectivity index (χ3v) is 5.78. The second-order valence-corrected chi connectivity index (χ2v) is 8.68. The highest BCUT2D eigenvalue weighted by molar-refractivity contribution is 9.10. The van der Waals surface area contributed by atoms with Crippen molar-refractivity contribution in [3.8, 4) is 5.75 Å². The van der Waals surface area contributed by atoms with Crippen LogP contribution in [0.4, 0.5) is 8.78 Å². The fraction of sp³-hybridized carbons (Fsp3) is 0.533. The number of alkyl halides is 2. The molecule has 0 aliphatic carbocycles. The summed E-state index contributed by atoms with van der Waals surface area (Å²) in [5.41, 5.74) is 0.427. The van der Waals surface area contributed by atoms with Crippen molar-refractivity contribution < 1.29 is 26.7 Å². The molecule has 1 saturated heterocycles. The summed E-state index contributed by atoms with van der Waals surface area (Å²) in [4.78, 5) is 12.3. The molecule has 1 aromatic carbocycles. The molecule has 0 saturated carbocycles. The minimum Gasteiger partial charge on any atom is -0.434 e. The maximum atomic E-state index is 12.4. The molecule has 1 heterocycles. The second kappa shape index (κ2) is 8.41. The number of ether oxygens (including phenoxy) is 1. The van der Waals surface area contributed by atoms with Gasteiger partial charge in [-0.15, -0.1) is 0 Å². The fourth-order valence-electron chi connectivity index (χ4n) is 2.67. The highest BCUT2D eigenvalue weighted by atomic mass is 79.9. The molecule has 0 bridgehead atoms. The number of rotatable bonds is 6. The number of nitrogens with zero attached hydrogens (tertiary/aromatic N) is 1. The zero-order chi connectivity index (χ0) is 18.6. The van der Waals surface area contributed by atoms with E-state index in [4.69, 9.17) is 0 Å². The summed E-state index contributed by atoms with van der Waals surface area (Å²) in [7, 11) is -3.24. The topological polar surface area (TPSA) is 75.7 Å². The van der Waals surface area contributed by atoms with Crippen molar-refractivity contribution in [3.05, 3.63) is 28.2 Å². The highest BCUT2D eigenvalue weighted by Crippen LogP contribution is 2.25. The van der Waals surface area contributed by atoms with Crippen LogP contribution in [0.25, 0.3) is 0 Å². The number of benzene rings is 1. The first kappa shape index (κ1) is 20.1. The Balaban J connectivity index is 1.93. The molecule has 1 aliphatic rings. The molecule has 1 fully saturated rings. The Morgan fingerprint density at radius 1 is 1.40 bits per heavy atom. The average Bonchev–Trinajstić information content (AvgIpc) is 2.53. The van der Waals surface area contributed by atoms with Crippen molar-refractivity contribution in [2.45, 2.75) is 26.0 Å². The van der Waals surface area contributed by atoms with Crippen LogP contribution in [0.5, 0.6) is 5.75 Å². The van der Waals surface area contributed by atoms with Gasteiger partial charge in [0.05, 0.1) is 6.26 Å². The molecule has 25 heavy (non-hydrogen) atoms. The van der Waals surface area contributed by atoms with E-state index >= 15 is 0 Å². The van der Waals surface area contributed by atoms with E-state index in [1.54, 1.807) is 12.1 Å². The molecule has 1 N–H and O–H groups in total. The molecule has 0 spiro atoms. The molecule has 0 atom stereocenters. The van der Waals surface area contributed by atoms with Crippen LogP contribution in [0.1, 0.15) is 18.4 Å². The molecule has 0 aromatic heterocycles. The van der Waals surface area contributed by atoms with Crippen LogP contribution in [-0.2, 0) is 21.4 Å². The van der Waals surface area contributed by atoms with Gasteiger partial charge < -0.3 is 10.1 Å². The van der Waals surface area contributed by atoms with Crippen molar-refractivity contribution in [2.75, 3.05) is 19.3 Å². The zero-order valence-corrected chi connectivity index (χ0v) is 15.9. The number of amides is 1. The lowest BCUT2D eigenvalue weighted by molar-refractivity contribution is -0.126. The SMILES string of the molecule is CS(=O)(=O)N1CCC(C(=O)NCc2cc(Br)ccc2OC(F)F)CC1. The Bertz CT molecular complexity index is 722. The van der Waals surface area contributed by atoms with Gasteiger partial charge >= 0.3 is 6.61 Å². The molecule has 6 nitrogen and oxygen atoms in total. The smallest absolute Gasteiger partial charge is 0.387 e. The number of sulfonamides is 1. The van der Waals surface area contributed by atoms with E-state index in [9.17, 15) is 22.0 Å². The Labute approximate surface area is 153 Å². The maximum Gasteiger partial charge on any atom is 0.387 e. The van der Waals surface area contributed by atoms with Gasteiger partial charge in [-0.25, -0.2) is 12.7 Å². The van der Waals surface area contributed by atoms with Crippen molar-refractivity contribution >= 4 is 31.9 Å². The third-order valence-electron chi connectivity index (χ3n) is 3.99. The standard InChI is InChI=1S/C15H19BrF2N2O4S/c1-25(22,23)20-6-4-10(5-7-20)14(21)19-9-11-8-12(16)2-3-13(11)24-15(17)18/h2-3,8,10,15H,4-7,9H2,1H3,(H,19,21). The molecule has 2 rings (SSSR count). The number of piperidine rings is 1. The highest BCUT2D eigenvalue weighted by Gasteiger charge is 2.28. The first-order valence-corrected chi connectivity index (χ1v) is 10.3. The van der Waals surface area contributed by atoms with Crippen LogP contribution >= 0.6 is 15.9 Å². The normalized spacial score (nSPS) is 16.8. The van der Waals surface area contributed by atoms with E-state index in [2.05, 4.69) is 26.0 Å². The first-order valence-electron chi connectivity index (χ1n) is 7.63. The lowest BCUT2D eigenvalue weighted by Gasteiger charge is -2.29. The average molecular weight is 441 g/mol. The van der Waals surface area contributed by atoms with Gasteiger partial charge in [-0.05, 0) is 31.0 Å². The van der Waals surface area contributed by atoms with E-state index in [0.717, 1.165) is 6.26 Å². The van der Waals surface area contributed by atoms with Crippen LogP contribution in [0.3, 0.4) is 0 Å². The van der Waals surface area contributed by atoms with Crippen molar-refractivity contribution in [3.63, 3.8) is 0 Å². The molecule has 1 amide bonds. The first-order chi connectivity index (χ1) is 11.7. The summed E-state index contributed by atoms with van der Waals surface area (Å²) in [5, 5.41) is 2.71. The summed E-state index contributed by atoms with van der Waals surface area (Å²) in [5.74, 6) is -0.522. The Hall–Kier alpha value is -1.26.